The van der Waals surface area contributed by atoms with Gasteiger partial charge in [0, 0.05) is 15.6 Å². The normalized spacial score (nSPS) is 11.2. The van der Waals surface area contributed by atoms with Gasteiger partial charge in [-0.15, -0.1) is 11.3 Å². The number of aromatic nitrogens is 2. The molecule has 3 rings (SSSR count). The van der Waals surface area contributed by atoms with Gasteiger partial charge < -0.3 is 0 Å². The molecule has 0 aliphatic carbocycles. The molecule has 1 amide bonds. The van der Waals surface area contributed by atoms with Crippen molar-refractivity contribution < 1.29 is 4.79 Å². The molecule has 2 heterocycles. The van der Waals surface area contributed by atoms with E-state index in [9.17, 15) is 4.79 Å². The maximum absolute atomic E-state index is 11.9. The molecule has 0 bridgehead atoms. The number of aryl methyl sites for hydroxylation is 1. The number of nitrogens with zero attached hydrogens (tertiary/aromatic N) is 3. The monoisotopic (exact) mass is 426 g/mol. The number of rotatable bonds is 5. The van der Waals surface area contributed by atoms with E-state index in [1.807, 2.05) is 5.38 Å². The van der Waals surface area contributed by atoms with Crippen LogP contribution < -0.4 is 5.43 Å². The van der Waals surface area contributed by atoms with Crippen LogP contribution in [0.3, 0.4) is 0 Å². The van der Waals surface area contributed by atoms with Gasteiger partial charge in [-0.05, 0) is 30.5 Å². The van der Waals surface area contributed by atoms with E-state index in [1.54, 1.807) is 41.9 Å². The molecule has 134 valence electrons. The molecule has 0 saturated heterocycles. The molecule has 0 spiro atoms. The van der Waals surface area contributed by atoms with E-state index >= 15 is 0 Å². The minimum Gasteiger partial charge on any atom is -0.266 e. The molecule has 0 fully saturated rings. The lowest BCUT2D eigenvalue weighted by molar-refractivity contribution is 0.0959. The third-order valence-corrected chi connectivity index (χ3v) is 5.56. The fourth-order valence-electron chi connectivity index (χ4n) is 2.27. The van der Waals surface area contributed by atoms with Crippen molar-refractivity contribution in [3.8, 4) is 0 Å². The number of amides is 1. The lowest BCUT2D eigenvalue weighted by Crippen LogP contribution is -2.16. The highest BCUT2D eigenvalue weighted by Crippen LogP contribution is 2.27. The summed E-state index contributed by atoms with van der Waals surface area (Å²) in [7, 11) is 0. The number of carbonyl (C=O) groups excluding carboxylic acids is 1. The predicted molar refractivity (Wildman–Crippen MR) is 107 cm³/mol. The van der Waals surface area contributed by atoms with Gasteiger partial charge in [0.1, 0.15) is 5.15 Å². The smallest absolute Gasteiger partial charge is 0.266 e. The molecule has 0 radical (unpaired) electrons. The van der Waals surface area contributed by atoms with Gasteiger partial charge in [0.25, 0.3) is 5.91 Å². The summed E-state index contributed by atoms with van der Waals surface area (Å²) in [5.74, 6) is -0.278. The van der Waals surface area contributed by atoms with Crippen molar-refractivity contribution in [1.82, 2.24) is 15.2 Å². The molecular formula is C17H13Cl3N4OS. The topological polar surface area (TPSA) is 59.3 Å². The van der Waals surface area contributed by atoms with Crippen LogP contribution in [0.15, 0.2) is 40.8 Å². The minimum absolute atomic E-state index is 0.278. The number of hydrogen-bond donors (Lipinski definition) is 1. The van der Waals surface area contributed by atoms with Gasteiger partial charge in [0.2, 0.25) is 0 Å². The third-order valence-electron chi connectivity index (χ3n) is 3.58. The van der Waals surface area contributed by atoms with Crippen molar-refractivity contribution in [1.29, 1.82) is 0 Å². The SMILES string of the molecule is Cc1nn(Cc2c(Cl)cccc2Cl)c(Cl)c1/C=N/NC(=O)c1cccs1. The molecule has 0 aliphatic heterocycles. The van der Waals surface area contributed by atoms with Crippen LogP contribution in [0.2, 0.25) is 15.2 Å². The first-order chi connectivity index (χ1) is 12.5. The summed E-state index contributed by atoms with van der Waals surface area (Å²) >= 11 is 20.2. The summed E-state index contributed by atoms with van der Waals surface area (Å²) in [4.78, 5) is 12.5. The number of halogens is 3. The van der Waals surface area contributed by atoms with E-state index in [-0.39, 0.29) is 5.91 Å². The van der Waals surface area contributed by atoms with E-state index in [4.69, 9.17) is 34.8 Å². The number of thiophene rings is 1. The van der Waals surface area contributed by atoms with Gasteiger partial charge in [-0.3, -0.25) is 4.79 Å². The molecule has 9 heteroatoms. The summed E-state index contributed by atoms with van der Waals surface area (Å²) in [5.41, 5.74) is 4.49. The number of hydrazone groups is 1. The predicted octanol–water partition coefficient (Wildman–Crippen LogP) is 5.03. The summed E-state index contributed by atoms with van der Waals surface area (Å²) < 4.78 is 1.59. The van der Waals surface area contributed by atoms with Gasteiger partial charge in [-0.1, -0.05) is 46.9 Å². The summed E-state index contributed by atoms with van der Waals surface area (Å²) in [6.45, 7) is 2.13. The van der Waals surface area contributed by atoms with Crippen LogP contribution in [-0.2, 0) is 6.54 Å². The highest BCUT2D eigenvalue weighted by atomic mass is 35.5. The van der Waals surface area contributed by atoms with E-state index < -0.39 is 0 Å². The van der Waals surface area contributed by atoms with Gasteiger partial charge in [0.15, 0.2) is 0 Å². The molecule has 1 aromatic carbocycles. The molecule has 0 unspecified atom stereocenters. The van der Waals surface area contributed by atoms with E-state index in [1.165, 1.54) is 17.6 Å². The quantitative estimate of drug-likeness (QED) is 0.459. The Morgan fingerprint density at radius 1 is 1.27 bits per heavy atom. The number of carbonyl (C=O) groups is 1. The zero-order valence-corrected chi connectivity index (χ0v) is 16.6. The fraction of sp³-hybridized carbons (Fsp3) is 0.118. The van der Waals surface area contributed by atoms with Crippen molar-refractivity contribution in [2.75, 3.05) is 0 Å². The molecular weight excluding hydrogens is 415 g/mol. The Labute approximate surface area is 169 Å². The van der Waals surface area contributed by atoms with Crippen molar-refractivity contribution >= 4 is 58.3 Å². The zero-order valence-electron chi connectivity index (χ0n) is 13.5. The number of nitrogens with one attached hydrogen (secondary N) is 1. The van der Waals surface area contributed by atoms with Crippen molar-refractivity contribution in [3.63, 3.8) is 0 Å². The van der Waals surface area contributed by atoms with Gasteiger partial charge in [-0.25, -0.2) is 10.1 Å². The zero-order chi connectivity index (χ0) is 18.7. The summed E-state index contributed by atoms with van der Waals surface area (Å²) in [6, 6.07) is 8.82. The Kier molecular flexibility index (Phi) is 5.98. The fourth-order valence-corrected chi connectivity index (χ4v) is 3.68. The first-order valence-electron chi connectivity index (χ1n) is 7.50. The molecule has 3 aromatic rings. The van der Waals surface area contributed by atoms with E-state index in [2.05, 4.69) is 15.6 Å². The summed E-state index contributed by atoms with van der Waals surface area (Å²) in [6.07, 6.45) is 1.47. The van der Waals surface area contributed by atoms with Crippen molar-refractivity contribution in [2.24, 2.45) is 5.10 Å². The maximum atomic E-state index is 11.9. The molecule has 0 aliphatic rings. The van der Waals surface area contributed by atoms with Crippen LogP contribution >= 0.6 is 46.1 Å². The minimum atomic E-state index is -0.278. The lowest BCUT2D eigenvalue weighted by atomic mass is 10.2. The first kappa shape index (κ1) is 18.9. The highest BCUT2D eigenvalue weighted by Gasteiger charge is 2.15. The molecule has 1 N–H and O–H groups in total. The average molecular weight is 428 g/mol. The van der Waals surface area contributed by atoms with Crippen LogP contribution in [0.25, 0.3) is 0 Å². The number of benzene rings is 1. The first-order valence-corrected chi connectivity index (χ1v) is 9.51. The van der Waals surface area contributed by atoms with E-state index in [0.717, 1.165) is 5.56 Å². The third kappa shape index (κ3) is 4.10. The Bertz CT molecular complexity index is 947. The second-order valence-corrected chi connectivity index (χ2v) is 7.44. The highest BCUT2D eigenvalue weighted by molar-refractivity contribution is 7.12. The molecule has 26 heavy (non-hydrogen) atoms. The Hall–Kier alpha value is -1.86. The Morgan fingerprint density at radius 2 is 2.00 bits per heavy atom. The van der Waals surface area contributed by atoms with Gasteiger partial charge >= 0.3 is 0 Å². The Morgan fingerprint density at radius 3 is 2.65 bits per heavy atom. The van der Waals surface area contributed by atoms with Crippen LogP contribution in [0, 0.1) is 6.92 Å². The molecule has 2 aromatic heterocycles. The van der Waals surface area contributed by atoms with Crippen molar-refractivity contribution in [2.45, 2.75) is 13.5 Å². The second kappa shape index (κ2) is 8.22. The Balaban J connectivity index is 1.78. The van der Waals surface area contributed by atoms with Crippen LogP contribution in [0.4, 0.5) is 0 Å². The van der Waals surface area contributed by atoms with Crippen LogP contribution in [-0.4, -0.2) is 21.9 Å². The second-order valence-electron chi connectivity index (χ2n) is 5.32. The van der Waals surface area contributed by atoms with Crippen LogP contribution in [0.1, 0.15) is 26.5 Å². The average Bonchev–Trinajstić information content (AvgIpc) is 3.22. The van der Waals surface area contributed by atoms with Gasteiger partial charge in [-0.2, -0.15) is 10.2 Å². The van der Waals surface area contributed by atoms with Crippen LogP contribution in [0.5, 0.6) is 0 Å². The standard InChI is InChI=1S/C17H13Cl3N4OS/c1-10-11(8-21-22-17(25)15-6-3-7-26-15)16(20)24(23-10)9-12-13(18)4-2-5-14(12)19/h2-8H,9H2,1H3,(H,22,25)/b21-8+. The van der Waals surface area contributed by atoms with Crippen molar-refractivity contribution in [3.05, 3.63) is 72.6 Å². The van der Waals surface area contributed by atoms with Gasteiger partial charge in [0.05, 0.1) is 28.9 Å². The molecule has 5 nitrogen and oxygen atoms in total. The van der Waals surface area contributed by atoms with E-state index in [0.29, 0.717) is 37.9 Å². The molecule has 0 saturated carbocycles. The largest absolute Gasteiger partial charge is 0.281 e. The maximum Gasteiger partial charge on any atom is 0.281 e. The summed E-state index contributed by atoms with van der Waals surface area (Å²) in [5, 5.41) is 11.7. The molecule has 0 atom stereocenters. The number of hydrogen-bond acceptors (Lipinski definition) is 4. The lowest BCUT2D eigenvalue weighted by Gasteiger charge is -2.08.